The Morgan fingerprint density at radius 2 is 2.14 bits per heavy atom. The number of nitrogens with zero attached hydrogens (tertiary/aromatic N) is 4. The SMILES string of the molecule is O=C(NC1CCC1(F)F)c1cnn2c3c(c(-c4c[nH]c5ncccc45)nc12)OCCN3.OC1CCC1. The normalized spacial score (nSPS) is 20.2. The Kier molecular flexibility index (Phi) is 5.47. The van der Waals surface area contributed by atoms with Gasteiger partial charge >= 0.3 is 0 Å². The Bertz CT molecular complexity index is 1450. The average Bonchev–Trinajstić information content (AvgIpc) is 3.50. The first kappa shape index (κ1) is 22.7. The zero-order valence-electron chi connectivity index (χ0n) is 19.3. The third kappa shape index (κ3) is 3.81. The molecule has 0 radical (unpaired) electrons. The van der Waals surface area contributed by atoms with Crippen molar-refractivity contribution in [3.05, 3.63) is 36.3 Å². The van der Waals surface area contributed by atoms with Crippen molar-refractivity contribution in [2.24, 2.45) is 0 Å². The predicted octanol–water partition coefficient (Wildman–Crippen LogP) is 3.14. The minimum atomic E-state index is -2.89. The highest BCUT2D eigenvalue weighted by molar-refractivity contribution is 6.02. The first-order valence-electron chi connectivity index (χ1n) is 12.0. The number of pyridine rings is 1. The predicted molar refractivity (Wildman–Crippen MR) is 127 cm³/mol. The second-order valence-electron chi connectivity index (χ2n) is 9.22. The maximum Gasteiger partial charge on any atom is 0.267 e. The fourth-order valence-corrected chi connectivity index (χ4v) is 4.39. The third-order valence-electron chi connectivity index (χ3n) is 6.85. The Morgan fingerprint density at radius 3 is 2.83 bits per heavy atom. The van der Waals surface area contributed by atoms with Gasteiger partial charge in [-0.15, -0.1) is 0 Å². The van der Waals surface area contributed by atoms with Gasteiger partial charge in [0, 0.05) is 29.8 Å². The van der Waals surface area contributed by atoms with E-state index in [1.54, 1.807) is 12.4 Å². The smallest absolute Gasteiger partial charge is 0.267 e. The van der Waals surface area contributed by atoms with E-state index in [9.17, 15) is 13.6 Å². The number of aliphatic hydroxyl groups excluding tert-OH is 1. The highest BCUT2D eigenvalue weighted by atomic mass is 19.3. The number of fused-ring (bicyclic) bond motifs is 4. The topological polar surface area (TPSA) is 129 Å². The first-order valence-corrected chi connectivity index (χ1v) is 12.0. The molecule has 1 amide bonds. The van der Waals surface area contributed by atoms with Crippen LogP contribution in [0.15, 0.2) is 30.7 Å². The van der Waals surface area contributed by atoms with Crippen LogP contribution in [0.5, 0.6) is 5.75 Å². The maximum atomic E-state index is 13.7. The van der Waals surface area contributed by atoms with E-state index >= 15 is 0 Å². The van der Waals surface area contributed by atoms with Gasteiger partial charge in [-0.2, -0.15) is 9.61 Å². The number of aliphatic hydroxyl groups is 1. The number of carbonyl (C=O) groups excluding carboxylic acids is 1. The molecule has 1 unspecified atom stereocenters. The first-order chi connectivity index (χ1) is 17.4. The zero-order valence-corrected chi connectivity index (χ0v) is 19.3. The minimum Gasteiger partial charge on any atom is -0.486 e. The Hall–Kier alpha value is -3.80. The van der Waals surface area contributed by atoms with Crippen LogP contribution in [0.4, 0.5) is 14.6 Å². The molecule has 10 nitrogen and oxygen atoms in total. The maximum absolute atomic E-state index is 13.7. The van der Waals surface area contributed by atoms with Gasteiger partial charge in [0.1, 0.15) is 23.5 Å². The van der Waals surface area contributed by atoms with E-state index in [-0.39, 0.29) is 30.2 Å². The van der Waals surface area contributed by atoms with Gasteiger partial charge in [-0.1, -0.05) is 0 Å². The van der Waals surface area contributed by atoms with Gasteiger partial charge < -0.3 is 25.5 Å². The van der Waals surface area contributed by atoms with Crippen molar-refractivity contribution in [1.82, 2.24) is 29.9 Å². The fraction of sp³-hybridized carbons (Fsp3) is 0.417. The molecule has 2 fully saturated rings. The number of aromatic nitrogens is 5. The molecule has 2 saturated carbocycles. The molecule has 4 N–H and O–H groups in total. The van der Waals surface area contributed by atoms with E-state index in [1.165, 1.54) is 17.1 Å². The van der Waals surface area contributed by atoms with Crippen molar-refractivity contribution < 1.29 is 23.4 Å². The number of halogens is 2. The van der Waals surface area contributed by atoms with Crippen LogP contribution in [-0.4, -0.2) is 66.8 Å². The Morgan fingerprint density at radius 1 is 1.31 bits per heavy atom. The van der Waals surface area contributed by atoms with Gasteiger partial charge in [0.05, 0.1) is 24.9 Å². The average molecular weight is 498 g/mol. The summed E-state index contributed by atoms with van der Waals surface area (Å²) in [5.41, 5.74) is 2.33. The van der Waals surface area contributed by atoms with E-state index in [4.69, 9.17) is 9.84 Å². The van der Waals surface area contributed by atoms with E-state index in [2.05, 4.69) is 30.7 Å². The van der Waals surface area contributed by atoms with Gasteiger partial charge in [0.2, 0.25) is 0 Å². The van der Waals surface area contributed by atoms with Crippen LogP contribution in [0.25, 0.3) is 27.9 Å². The van der Waals surface area contributed by atoms with Gasteiger partial charge in [-0.25, -0.2) is 18.7 Å². The molecule has 36 heavy (non-hydrogen) atoms. The molecule has 5 heterocycles. The molecule has 188 valence electrons. The summed E-state index contributed by atoms with van der Waals surface area (Å²) in [6, 6.07) is 2.55. The third-order valence-corrected chi connectivity index (χ3v) is 6.85. The number of hydrogen-bond donors (Lipinski definition) is 4. The van der Waals surface area contributed by atoms with Crippen LogP contribution in [0.1, 0.15) is 42.5 Å². The number of nitrogens with one attached hydrogen (secondary N) is 3. The summed E-state index contributed by atoms with van der Waals surface area (Å²) in [4.78, 5) is 24.9. The number of carbonyl (C=O) groups is 1. The highest BCUT2D eigenvalue weighted by Crippen LogP contribution is 2.41. The van der Waals surface area contributed by atoms with Gasteiger partial charge in [0.25, 0.3) is 11.8 Å². The lowest BCUT2D eigenvalue weighted by Crippen LogP contribution is -2.55. The van der Waals surface area contributed by atoms with Crippen LogP contribution >= 0.6 is 0 Å². The largest absolute Gasteiger partial charge is 0.486 e. The minimum absolute atomic E-state index is 0.0648. The second kappa shape index (κ2) is 8.70. The highest BCUT2D eigenvalue weighted by Gasteiger charge is 2.49. The van der Waals surface area contributed by atoms with Crippen molar-refractivity contribution >= 4 is 28.4 Å². The molecular formula is C24H25F2N7O3. The molecule has 0 saturated heterocycles. The number of rotatable bonds is 3. The molecule has 2 aliphatic carbocycles. The van der Waals surface area contributed by atoms with Crippen LogP contribution in [0.3, 0.4) is 0 Å². The van der Waals surface area contributed by atoms with E-state index in [0.717, 1.165) is 23.8 Å². The molecule has 0 bridgehead atoms. The second-order valence-corrected chi connectivity index (χ2v) is 9.22. The molecule has 4 aromatic heterocycles. The summed E-state index contributed by atoms with van der Waals surface area (Å²) in [6.45, 7) is 0.996. The molecule has 7 rings (SSSR count). The summed E-state index contributed by atoms with van der Waals surface area (Å²) in [5, 5.41) is 19.2. The number of ether oxygens (including phenoxy) is 1. The molecule has 1 aliphatic heterocycles. The molecule has 3 aliphatic rings. The van der Waals surface area contributed by atoms with E-state index in [1.807, 2.05) is 12.1 Å². The van der Waals surface area contributed by atoms with E-state index < -0.39 is 17.9 Å². The Labute approximate surface area is 204 Å². The molecular weight excluding hydrogens is 472 g/mol. The summed E-state index contributed by atoms with van der Waals surface area (Å²) in [5.74, 6) is -2.46. The van der Waals surface area contributed by atoms with Crippen LogP contribution in [0, 0.1) is 0 Å². The van der Waals surface area contributed by atoms with Crippen molar-refractivity contribution in [3.8, 4) is 17.0 Å². The monoisotopic (exact) mass is 497 g/mol. The number of hydrogen-bond acceptors (Lipinski definition) is 7. The van der Waals surface area contributed by atoms with Crippen LogP contribution in [-0.2, 0) is 0 Å². The van der Waals surface area contributed by atoms with Gasteiger partial charge in [-0.3, -0.25) is 4.79 Å². The van der Waals surface area contributed by atoms with Crippen molar-refractivity contribution in [2.75, 3.05) is 18.5 Å². The fourth-order valence-electron chi connectivity index (χ4n) is 4.39. The number of H-pyrrole nitrogens is 1. The lowest BCUT2D eigenvalue weighted by molar-refractivity contribution is -0.102. The molecule has 12 heteroatoms. The molecule has 4 aromatic rings. The number of alkyl halides is 2. The molecule has 0 spiro atoms. The summed E-state index contributed by atoms with van der Waals surface area (Å²) in [6.07, 6.45) is 8.20. The summed E-state index contributed by atoms with van der Waals surface area (Å²) >= 11 is 0. The lowest BCUT2D eigenvalue weighted by atomic mass is 9.88. The lowest BCUT2D eigenvalue weighted by Gasteiger charge is -2.36. The number of aromatic amines is 1. The quantitative estimate of drug-likeness (QED) is 0.342. The zero-order chi connectivity index (χ0) is 24.9. The van der Waals surface area contributed by atoms with Crippen molar-refractivity contribution in [2.45, 2.75) is 50.2 Å². The van der Waals surface area contributed by atoms with Crippen molar-refractivity contribution in [3.63, 3.8) is 0 Å². The van der Waals surface area contributed by atoms with Crippen LogP contribution < -0.4 is 15.4 Å². The molecule has 0 aromatic carbocycles. The number of amides is 1. The van der Waals surface area contributed by atoms with Crippen LogP contribution in [0.2, 0.25) is 0 Å². The van der Waals surface area contributed by atoms with E-state index in [0.29, 0.717) is 36.1 Å². The standard InChI is InChI=1S/C20H17F2N7O2.C4H8O/c21-20(22)4-3-13(20)27-19(30)12-9-26-29-17(12)28-14(15-18(29)24-6-7-31-15)11-8-25-16-10(11)2-1-5-23-16;5-4-2-1-3-4/h1-2,5,8-9,13,24H,3-4,6-7H2,(H,23,25)(H,27,30);4-5H,1-3H2. The van der Waals surface area contributed by atoms with Gasteiger partial charge in [0.15, 0.2) is 17.2 Å². The molecule has 1 atom stereocenters. The summed E-state index contributed by atoms with van der Waals surface area (Å²) < 4.78 is 34.7. The Balaban J connectivity index is 0.000000431. The summed E-state index contributed by atoms with van der Waals surface area (Å²) in [7, 11) is 0. The number of anilines is 1. The van der Waals surface area contributed by atoms with Gasteiger partial charge in [-0.05, 0) is 37.8 Å². The van der Waals surface area contributed by atoms with Crippen molar-refractivity contribution in [1.29, 1.82) is 0 Å².